The van der Waals surface area contributed by atoms with Gasteiger partial charge in [-0.1, -0.05) is 25.1 Å². The lowest BCUT2D eigenvalue weighted by Crippen LogP contribution is -2.07. The molecule has 1 rings (SSSR count). The van der Waals surface area contributed by atoms with Gasteiger partial charge in [0.1, 0.15) is 0 Å². The molecular formula is C11H13F3O. The summed E-state index contributed by atoms with van der Waals surface area (Å²) >= 11 is 0. The highest BCUT2D eigenvalue weighted by Crippen LogP contribution is 2.31. The van der Waals surface area contributed by atoms with E-state index in [0.29, 0.717) is 12.2 Å². The van der Waals surface area contributed by atoms with E-state index < -0.39 is 11.7 Å². The van der Waals surface area contributed by atoms with Gasteiger partial charge < -0.3 is 4.74 Å². The Labute approximate surface area is 86.9 Å². The normalized spacial score (nSPS) is 13.9. The predicted molar refractivity (Wildman–Crippen MR) is 51.7 cm³/mol. The topological polar surface area (TPSA) is 9.23 Å². The van der Waals surface area contributed by atoms with Gasteiger partial charge in [-0.15, -0.1) is 0 Å². The highest BCUT2D eigenvalue weighted by atomic mass is 19.4. The molecule has 0 heterocycles. The summed E-state index contributed by atoms with van der Waals surface area (Å²) in [7, 11) is 1.53. The van der Waals surface area contributed by atoms with E-state index in [0.717, 1.165) is 6.07 Å². The van der Waals surface area contributed by atoms with Gasteiger partial charge in [-0.2, -0.15) is 13.2 Å². The second kappa shape index (κ2) is 4.66. The van der Waals surface area contributed by atoms with Gasteiger partial charge in [-0.05, 0) is 11.6 Å². The maximum atomic E-state index is 12.4. The zero-order valence-electron chi connectivity index (χ0n) is 8.64. The van der Waals surface area contributed by atoms with Crippen LogP contribution in [0.3, 0.4) is 0 Å². The Balaban J connectivity index is 2.92. The number of alkyl halides is 3. The zero-order chi connectivity index (χ0) is 11.5. The van der Waals surface area contributed by atoms with Crippen molar-refractivity contribution in [2.75, 3.05) is 13.7 Å². The SMILES string of the molecule is COCC(C)c1cccc(C(F)(F)F)c1. The molecule has 0 spiro atoms. The largest absolute Gasteiger partial charge is 0.416 e. The van der Waals surface area contributed by atoms with Crippen LogP contribution < -0.4 is 0 Å². The molecule has 0 amide bonds. The smallest absolute Gasteiger partial charge is 0.384 e. The van der Waals surface area contributed by atoms with Crippen molar-refractivity contribution in [3.63, 3.8) is 0 Å². The third-order valence-corrected chi connectivity index (χ3v) is 2.20. The zero-order valence-corrected chi connectivity index (χ0v) is 8.64. The third-order valence-electron chi connectivity index (χ3n) is 2.20. The molecule has 0 aliphatic rings. The molecule has 0 aliphatic carbocycles. The van der Waals surface area contributed by atoms with Crippen LogP contribution in [-0.4, -0.2) is 13.7 Å². The summed E-state index contributed by atoms with van der Waals surface area (Å²) in [5.41, 5.74) is 0.0367. The summed E-state index contributed by atoms with van der Waals surface area (Å²) in [5.74, 6) is -0.0303. The second-order valence-electron chi connectivity index (χ2n) is 3.48. The molecule has 1 unspecified atom stereocenters. The van der Waals surface area contributed by atoms with Crippen LogP contribution in [0.15, 0.2) is 24.3 Å². The Kier molecular flexibility index (Phi) is 3.74. The highest BCUT2D eigenvalue weighted by molar-refractivity contribution is 5.27. The quantitative estimate of drug-likeness (QED) is 0.755. The first kappa shape index (κ1) is 12.0. The van der Waals surface area contributed by atoms with Gasteiger partial charge in [0.2, 0.25) is 0 Å². The molecule has 0 N–H and O–H groups in total. The van der Waals surface area contributed by atoms with Gasteiger partial charge >= 0.3 is 6.18 Å². The van der Waals surface area contributed by atoms with Crippen molar-refractivity contribution >= 4 is 0 Å². The Morgan fingerprint density at radius 2 is 2.00 bits per heavy atom. The number of hydrogen-bond donors (Lipinski definition) is 0. The van der Waals surface area contributed by atoms with E-state index in [1.807, 2.05) is 6.92 Å². The van der Waals surface area contributed by atoms with Crippen molar-refractivity contribution in [2.24, 2.45) is 0 Å². The lowest BCUT2D eigenvalue weighted by molar-refractivity contribution is -0.137. The van der Waals surface area contributed by atoms with Crippen molar-refractivity contribution in [1.29, 1.82) is 0 Å². The molecule has 1 atom stereocenters. The van der Waals surface area contributed by atoms with Crippen molar-refractivity contribution in [2.45, 2.75) is 19.0 Å². The Bertz CT molecular complexity index is 320. The predicted octanol–water partition coefficient (Wildman–Crippen LogP) is 3.46. The lowest BCUT2D eigenvalue weighted by atomic mass is 10.00. The van der Waals surface area contributed by atoms with Crippen molar-refractivity contribution < 1.29 is 17.9 Å². The molecule has 0 bridgehead atoms. The number of ether oxygens (including phenoxy) is 1. The van der Waals surface area contributed by atoms with Crippen LogP contribution >= 0.6 is 0 Å². The monoisotopic (exact) mass is 218 g/mol. The maximum Gasteiger partial charge on any atom is 0.416 e. The Morgan fingerprint density at radius 3 is 2.53 bits per heavy atom. The van der Waals surface area contributed by atoms with Gasteiger partial charge in [0, 0.05) is 13.0 Å². The highest BCUT2D eigenvalue weighted by Gasteiger charge is 2.30. The third kappa shape index (κ3) is 3.23. The van der Waals surface area contributed by atoms with Gasteiger partial charge in [0.15, 0.2) is 0 Å². The molecule has 1 aromatic carbocycles. The summed E-state index contributed by atoms with van der Waals surface area (Å²) in [6.07, 6.45) is -4.27. The minimum absolute atomic E-state index is 0.0303. The number of hydrogen-bond acceptors (Lipinski definition) is 1. The Morgan fingerprint density at radius 1 is 1.33 bits per heavy atom. The summed E-state index contributed by atoms with van der Waals surface area (Å²) < 4.78 is 42.1. The first-order chi connectivity index (χ1) is 6.95. The van der Waals surface area contributed by atoms with E-state index in [-0.39, 0.29) is 5.92 Å². The van der Waals surface area contributed by atoms with Crippen LogP contribution in [0.5, 0.6) is 0 Å². The second-order valence-corrected chi connectivity index (χ2v) is 3.48. The van der Waals surface area contributed by atoms with Gasteiger partial charge in [-0.25, -0.2) is 0 Å². The van der Waals surface area contributed by atoms with Crippen LogP contribution in [-0.2, 0) is 10.9 Å². The summed E-state index contributed by atoms with van der Waals surface area (Å²) in [4.78, 5) is 0. The summed E-state index contributed by atoms with van der Waals surface area (Å²) in [5, 5.41) is 0. The lowest BCUT2D eigenvalue weighted by Gasteiger charge is -2.13. The first-order valence-corrected chi connectivity index (χ1v) is 4.61. The minimum Gasteiger partial charge on any atom is -0.384 e. The molecule has 0 fully saturated rings. The fraction of sp³-hybridized carbons (Fsp3) is 0.455. The van der Waals surface area contributed by atoms with Crippen LogP contribution in [0.25, 0.3) is 0 Å². The molecule has 0 radical (unpaired) electrons. The van der Waals surface area contributed by atoms with Crippen LogP contribution in [0.4, 0.5) is 13.2 Å². The average Bonchev–Trinajstić information content (AvgIpc) is 2.17. The minimum atomic E-state index is -4.27. The van der Waals surface area contributed by atoms with E-state index in [4.69, 9.17) is 4.74 Å². The molecule has 0 aromatic heterocycles. The van der Waals surface area contributed by atoms with Crippen LogP contribution in [0.1, 0.15) is 24.0 Å². The molecule has 0 saturated carbocycles. The number of rotatable bonds is 3. The Hall–Kier alpha value is -1.03. The standard InChI is InChI=1S/C11H13F3O/c1-8(7-15-2)9-4-3-5-10(6-9)11(12,13)14/h3-6,8H,7H2,1-2H3. The molecule has 1 aromatic rings. The molecular weight excluding hydrogens is 205 g/mol. The summed E-state index contributed by atoms with van der Waals surface area (Å²) in [6.45, 7) is 2.25. The van der Waals surface area contributed by atoms with E-state index in [2.05, 4.69) is 0 Å². The summed E-state index contributed by atoms with van der Waals surface area (Å²) in [6, 6.07) is 5.34. The molecule has 1 nitrogen and oxygen atoms in total. The molecule has 84 valence electrons. The van der Waals surface area contributed by atoms with E-state index in [1.165, 1.54) is 19.2 Å². The first-order valence-electron chi connectivity index (χ1n) is 4.61. The van der Waals surface area contributed by atoms with Crippen molar-refractivity contribution in [3.05, 3.63) is 35.4 Å². The van der Waals surface area contributed by atoms with Gasteiger partial charge in [0.25, 0.3) is 0 Å². The van der Waals surface area contributed by atoms with E-state index in [9.17, 15) is 13.2 Å². The number of methoxy groups -OCH3 is 1. The number of halogens is 3. The van der Waals surface area contributed by atoms with E-state index in [1.54, 1.807) is 6.07 Å². The van der Waals surface area contributed by atoms with Crippen LogP contribution in [0, 0.1) is 0 Å². The molecule has 0 aliphatic heterocycles. The molecule has 4 heteroatoms. The fourth-order valence-electron chi connectivity index (χ4n) is 1.37. The average molecular weight is 218 g/mol. The number of benzene rings is 1. The van der Waals surface area contributed by atoms with E-state index >= 15 is 0 Å². The molecule has 0 saturated heterocycles. The molecule has 15 heavy (non-hydrogen) atoms. The van der Waals surface area contributed by atoms with Crippen LogP contribution in [0.2, 0.25) is 0 Å². The maximum absolute atomic E-state index is 12.4. The van der Waals surface area contributed by atoms with Crippen molar-refractivity contribution in [3.8, 4) is 0 Å². The fourth-order valence-corrected chi connectivity index (χ4v) is 1.37. The van der Waals surface area contributed by atoms with Crippen molar-refractivity contribution in [1.82, 2.24) is 0 Å². The van der Waals surface area contributed by atoms with Gasteiger partial charge in [0.05, 0.1) is 12.2 Å². The van der Waals surface area contributed by atoms with Gasteiger partial charge in [-0.3, -0.25) is 0 Å².